The number of hydrogen-bond donors (Lipinski definition) is 1. The average Bonchev–Trinajstić information content (AvgIpc) is 2.88. The Morgan fingerprint density at radius 3 is 2.78 bits per heavy atom. The van der Waals surface area contributed by atoms with Gasteiger partial charge in [0.05, 0.1) is 22.2 Å². The second kappa shape index (κ2) is 5.58. The van der Waals surface area contributed by atoms with E-state index in [1.165, 1.54) is 11.3 Å². The van der Waals surface area contributed by atoms with E-state index in [2.05, 4.69) is 28.9 Å². The normalized spacial score (nSPS) is 13.2. The Bertz CT molecular complexity index is 506. The van der Waals surface area contributed by atoms with E-state index in [0.29, 0.717) is 12.3 Å². The zero-order valence-electron chi connectivity index (χ0n) is 10.9. The summed E-state index contributed by atoms with van der Waals surface area (Å²) >= 11 is 1.48. The van der Waals surface area contributed by atoms with Gasteiger partial charge in [-0.05, 0) is 12.8 Å². The molecule has 0 radical (unpaired) electrons. The molecule has 6 heteroatoms. The predicted octanol–water partition coefficient (Wildman–Crippen LogP) is 1.98. The molecule has 0 aromatic carbocycles. The Kier molecular flexibility index (Phi) is 4.08. The van der Waals surface area contributed by atoms with Gasteiger partial charge in [-0.3, -0.25) is 0 Å². The van der Waals surface area contributed by atoms with E-state index in [4.69, 9.17) is 0 Å². The molecular weight excluding hydrogens is 248 g/mol. The van der Waals surface area contributed by atoms with Gasteiger partial charge in [-0.25, -0.2) is 14.6 Å². The molecule has 1 N–H and O–H groups in total. The van der Waals surface area contributed by atoms with Crippen molar-refractivity contribution in [2.75, 3.05) is 0 Å². The largest absolute Gasteiger partial charge is 0.387 e. The van der Waals surface area contributed by atoms with Gasteiger partial charge in [-0.15, -0.1) is 11.3 Å². The van der Waals surface area contributed by atoms with Crippen molar-refractivity contribution in [1.29, 1.82) is 0 Å². The van der Waals surface area contributed by atoms with E-state index in [0.717, 1.165) is 22.9 Å². The Hall–Kier alpha value is -1.27. The third-order valence-corrected chi connectivity index (χ3v) is 3.73. The second-order valence-electron chi connectivity index (χ2n) is 4.77. The molecule has 2 aromatic rings. The number of hydrogen-bond acceptors (Lipinski definition) is 5. The quantitative estimate of drug-likeness (QED) is 0.898. The molecule has 0 bridgehead atoms. The van der Waals surface area contributed by atoms with Crippen LogP contribution in [-0.2, 0) is 13.0 Å². The summed E-state index contributed by atoms with van der Waals surface area (Å²) in [5.74, 6) is 1.33. The summed E-state index contributed by atoms with van der Waals surface area (Å²) in [5.41, 5.74) is 2.65. The third kappa shape index (κ3) is 2.94. The molecule has 2 heterocycles. The van der Waals surface area contributed by atoms with Gasteiger partial charge in [0.25, 0.3) is 0 Å². The summed E-state index contributed by atoms with van der Waals surface area (Å²) in [6, 6.07) is 0. The van der Waals surface area contributed by atoms with Gasteiger partial charge in [0, 0.05) is 13.0 Å². The molecule has 0 aliphatic carbocycles. The van der Waals surface area contributed by atoms with Crippen LogP contribution >= 0.6 is 11.3 Å². The highest BCUT2D eigenvalue weighted by molar-refractivity contribution is 7.09. The topological polar surface area (TPSA) is 63.8 Å². The number of thiazole rings is 1. The summed E-state index contributed by atoms with van der Waals surface area (Å²) in [6.45, 7) is 7.00. The maximum atomic E-state index is 10.2. The van der Waals surface area contributed by atoms with Crippen LogP contribution in [0.3, 0.4) is 0 Å². The van der Waals surface area contributed by atoms with Crippen molar-refractivity contribution < 1.29 is 5.11 Å². The number of aromatic nitrogens is 4. The standard InChI is InChI=1S/C12H18N4OS/c1-8(2)5-16-11(13-6-15-16)4-10(17)12-9(3)14-7-18-12/h6-8,10,17H,4-5H2,1-3H3. The van der Waals surface area contributed by atoms with Crippen molar-refractivity contribution in [3.8, 4) is 0 Å². The van der Waals surface area contributed by atoms with Gasteiger partial charge in [0.15, 0.2) is 0 Å². The highest BCUT2D eigenvalue weighted by Crippen LogP contribution is 2.24. The fraction of sp³-hybridized carbons (Fsp3) is 0.583. The first-order valence-corrected chi connectivity index (χ1v) is 6.90. The molecule has 0 aliphatic heterocycles. The Morgan fingerprint density at radius 1 is 1.39 bits per heavy atom. The fourth-order valence-electron chi connectivity index (χ4n) is 1.84. The molecule has 2 aromatic heterocycles. The Labute approximate surface area is 111 Å². The van der Waals surface area contributed by atoms with E-state index >= 15 is 0 Å². The van der Waals surface area contributed by atoms with Gasteiger partial charge in [-0.2, -0.15) is 5.10 Å². The summed E-state index contributed by atoms with van der Waals surface area (Å²) < 4.78 is 1.87. The van der Waals surface area contributed by atoms with Crippen molar-refractivity contribution in [2.24, 2.45) is 5.92 Å². The van der Waals surface area contributed by atoms with Crippen LogP contribution < -0.4 is 0 Å². The molecule has 18 heavy (non-hydrogen) atoms. The molecular formula is C12H18N4OS. The zero-order chi connectivity index (χ0) is 13.1. The molecule has 0 amide bonds. The minimum atomic E-state index is -0.549. The monoisotopic (exact) mass is 266 g/mol. The van der Waals surface area contributed by atoms with Gasteiger partial charge in [0.1, 0.15) is 12.2 Å². The first kappa shape index (κ1) is 13.2. The lowest BCUT2D eigenvalue weighted by Gasteiger charge is -2.11. The van der Waals surface area contributed by atoms with E-state index in [1.807, 2.05) is 11.6 Å². The summed E-state index contributed by atoms with van der Waals surface area (Å²) in [6.07, 6.45) is 1.48. The van der Waals surface area contributed by atoms with Crippen molar-refractivity contribution in [2.45, 2.75) is 39.8 Å². The maximum Gasteiger partial charge on any atom is 0.138 e. The first-order valence-electron chi connectivity index (χ1n) is 6.02. The predicted molar refractivity (Wildman–Crippen MR) is 70.4 cm³/mol. The van der Waals surface area contributed by atoms with Crippen molar-refractivity contribution in [3.05, 3.63) is 28.2 Å². The molecule has 0 aliphatic rings. The van der Waals surface area contributed by atoms with E-state index in [-0.39, 0.29) is 0 Å². The number of aliphatic hydroxyl groups excluding tert-OH is 1. The highest BCUT2D eigenvalue weighted by atomic mass is 32.1. The number of nitrogens with zero attached hydrogens (tertiary/aromatic N) is 4. The maximum absolute atomic E-state index is 10.2. The lowest BCUT2D eigenvalue weighted by Crippen LogP contribution is -2.13. The zero-order valence-corrected chi connectivity index (χ0v) is 11.7. The molecule has 0 spiro atoms. The van der Waals surface area contributed by atoms with E-state index < -0.39 is 6.10 Å². The van der Waals surface area contributed by atoms with E-state index in [9.17, 15) is 5.11 Å². The van der Waals surface area contributed by atoms with Crippen LogP contribution in [0.2, 0.25) is 0 Å². The minimum absolute atomic E-state index is 0.482. The van der Waals surface area contributed by atoms with Gasteiger partial charge in [0.2, 0.25) is 0 Å². The molecule has 2 rings (SSSR count). The summed E-state index contributed by atoms with van der Waals surface area (Å²) in [4.78, 5) is 9.29. The third-order valence-electron chi connectivity index (χ3n) is 2.70. The molecule has 98 valence electrons. The van der Waals surface area contributed by atoms with Gasteiger partial charge < -0.3 is 5.11 Å². The van der Waals surface area contributed by atoms with Crippen LogP contribution in [0.5, 0.6) is 0 Å². The van der Waals surface area contributed by atoms with Crippen LogP contribution in [-0.4, -0.2) is 24.9 Å². The van der Waals surface area contributed by atoms with Gasteiger partial charge >= 0.3 is 0 Å². The SMILES string of the molecule is Cc1ncsc1C(O)Cc1ncnn1CC(C)C. The van der Waals surface area contributed by atoms with E-state index in [1.54, 1.807) is 11.8 Å². The molecule has 1 unspecified atom stereocenters. The van der Waals surface area contributed by atoms with Crippen LogP contribution in [0.25, 0.3) is 0 Å². The first-order chi connectivity index (χ1) is 8.58. The lowest BCUT2D eigenvalue weighted by molar-refractivity contribution is 0.176. The average molecular weight is 266 g/mol. The molecule has 1 atom stereocenters. The number of rotatable bonds is 5. The second-order valence-corrected chi connectivity index (χ2v) is 5.66. The molecule has 0 fully saturated rings. The Balaban J connectivity index is 2.10. The molecule has 0 saturated carbocycles. The van der Waals surface area contributed by atoms with Crippen molar-refractivity contribution in [1.82, 2.24) is 19.7 Å². The fourth-order valence-corrected chi connectivity index (χ4v) is 2.63. The molecule has 0 saturated heterocycles. The Morgan fingerprint density at radius 2 is 2.17 bits per heavy atom. The van der Waals surface area contributed by atoms with Crippen LogP contribution in [0.4, 0.5) is 0 Å². The lowest BCUT2D eigenvalue weighted by atomic mass is 10.1. The summed E-state index contributed by atoms with van der Waals surface area (Å²) in [7, 11) is 0. The molecule has 5 nitrogen and oxygen atoms in total. The number of aliphatic hydroxyl groups is 1. The van der Waals surface area contributed by atoms with Crippen LogP contribution in [0.15, 0.2) is 11.8 Å². The summed E-state index contributed by atoms with van der Waals surface area (Å²) in [5, 5.41) is 14.4. The van der Waals surface area contributed by atoms with Crippen molar-refractivity contribution in [3.63, 3.8) is 0 Å². The smallest absolute Gasteiger partial charge is 0.138 e. The van der Waals surface area contributed by atoms with Crippen LogP contribution in [0, 0.1) is 12.8 Å². The number of aryl methyl sites for hydroxylation is 1. The van der Waals surface area contributed by atoms with Crippen LogP contribution in [0.1, 0.15) is 36.3 Å². The minimum Gasteiger partial charge on any atom is -0.387 e. The van der Waals surface area contributed by atoms with Crippen molar-refractivity contribution >= 4 is 11.3 Å². The highest BCUT2D eigenvalue weighted by Gasteiger charge is 2.17. The van der Waals surface area contributed by atoms with Gasteiger partial charge in [-0.1, -0.05) is 13.8 Å².